The normalized spacial score (nSPS) is 10.0. The molecule has 0 fully saturated rings. The molecule has 1 N–H and O–H groups in total. The van der Waals surface area contributed by atoms with Crippen molar-refractivity contribution in [3.05, 3.63) is 35.4 Å². The van der Waals surface area contributed by atoms with Gasteiger partial charge in [0.2, 0.25) is 0 Å². The maximum absolute atomic E-state index is 7.54. The smallest absolute Gasteiger partial charge is 0.184 e. The molecular weight excluding hydrogens is 186 g/mol. The van der Waals surface area contributed by atoms with Crippen LogP contribution < -0.4 is 0 Å². The van der Waals surface area contributed by atoms with Crippen molar-refractivity contribution in [2.24, 2.45) is 0 Å². The van der Waals surface area contributed by atoms with Crippen molar-refractivity contribution >= 4 is 5.90 Å². The number of benzene rings is 1. The van der Waals surface area contributed by atoms with Gasteiger partial charge in [0.1, 0.15) is 0 Å². The minimum atomic E-state index is 0.348. The fraction of sp³-hybridized carbons (Fsp3) is 0.462. The first kappa shape index (κ1) is 11.8. The van der Waals surface area contributed by atoms with E-state index in [4.69, 9.17) is 10.1 Å². The predicted molar refractivity (Wildman–Crippen MR) is 63.5 cm³/mol. The third-order valence-corrected chi connectivity index (χ3v) is 2.24. The van der Waals surface area contributed by atoms with Crippen LogP contribution in [0, 0.1) is 5.41 Å². The van der Waals surface area contributed by atoms with Gasteiger partial charge in [0.15, 0.2) is 5.90 Å². The molecule has 1 rings (SSSR count). The molecule has 0 aliphatic rings. The van der Waals surface area contributed by atoms with Gasteiger partial charge in [-0.15, -0.1) is 0 Å². The maximum Gasteiger partial charge on any atom is 0.184 e. The number of hydrogen-bond acceptors (Lipinski definition) is 2. The molecule has 0 heterocycles. The summed E-state index contributed by atoms with van der Waals surface area (Å²) >= 11 is 0. The summed E-state index contributed by atoms with van der Waals surface area (Å²) in [6.45, 7) is 4.66. The Morgan fingerprint density at radius 3 is 2.27 bits per heavy atom. The van der Waals surface area contributed by atoms with Gasteiger partial charge in [0, 0.05) is 6.42 Å². The Hall–Kier alpha value is -1.31. The lowest BCUT2D eigenvalue weighted by atomic mass is 10.1. The van der Waals surface area contributed by atoms with E-state index in [-0.39, 0.29) is 0 Å². The first-order valence-electron chi connectivity index (χ1n) is 5.54. The summed E-state index contributed by atoms with van der Waals surface area (Å²) < 4.78 is 5.11. The molecule has 0 unspecified atom stereocenters. The summed E-state index contributed by atoms with van der Waals surface area (Å²) in [6.07, 6.45) is 2.90. The van der Waals surface area contributed by atoms with Crippen molar-refractivity contribution in [2.45, 2.75) is 33.1 Å². The summed E-state index contributed by atoms with van der Waals surface area (Å²) in [4.78, 5) is 0. The van der Waals surface area contributed by atoms with E-state index in [0.29, 0.717) is 18.9 Å². The molecular formula is C13H19NO. The molecule has 0 atom stereocenters. The van der Waals surface area contributed by atoms with Gasteiger partial charge in [-0.1, -0.05) is 37.6 Å². The Bertz CT molecular complexity index is 303. The van der Waals surface area contributed by atoms with Crippen LogP contribution in [0.2, 0.25) is 0 Å². The van der Waals surface area contributed by atoms with Gasteiger partial charge in [-0.05, 0) is 24.5 Å². The molecule has 0 bridgehead atoms. The fourth-order valence-electron chi connectivity index (χ4n) is 1.52. The second-order valence-corrected chi connectivity index (χ2v) is 3.60. The summed E-state index contributed by atoms with van der Waals surface area (Å²) in [5.41, 5.74) is 2.51. The Labute approximate surface area is 91.8 Å². The van der Waals surface area contributed by atoms with Gasteiger partial charge in [-0.3, -0.25) is 5.41 Å². The largest absolute Gasteiger partial charge is 0.481 e. The van der Waals surface area contributed by atoms with E-state index in [9.17, 15) is 0 Å². The van der Waals surface area contributed by atoms with E-state index in [1.54, 1.807) is 0 Å². The fourth-order valence-corrected chi connectivity index (χ4v) is 1.52. The quantitative estimate of drug-likeness (QED) is 0.581. The number of nitrogens with one attached hydrogen (secondary N) is 1. The number of aryl methyl sites for hydroxylation is 1. The van der Waals surface area contributed by atoms with Crippen molar-refractivity contribution in [3.63, 3.8) is 0 Å². The molecule has 1 aromatic carbocycles. The molecule has 1 aromatic rings. The Kier molecular flexibility index (Phi) is 4.88. The van der Waals surface area contributed by atoms with Gasteiger partial charge in [-0.2, -0.15) is 0 Å². The summed E-state index contributed by atoms with van der Waals surface area (Å²) in [7, 11) is 0. The molecule has 15 heavy (non-hydrogen) atoms. The highest BCUT2D eigenvalue weighted by molar-refractivity contribution is 5.75. The van der Waals surface area contributed by atoms with Crippen LogP contribution in [0.3, 0.4) is 0 Å². The van der Waals surface area contributed by atoms with Gasteiger partial charge < -0.3 is 4.74 Å². The van der Waals surface area contributed by atoms with Gasteiger partial charge in [0.05, 0.1) is 6.61 Å². The lowest BCUT2D eigenvalue weighted by Gasteiger charge is -2.05. The summed E-state index contributed by atoms with van der Waals surface area (Å²) in [5, 5.41) is 7.54. The molecule has 2 heteroatoms. The maximum atomic E-state index is 7.54. The second kappa shape index (κ2) is 6.23. The number of rotatable bonds is 5. The zero-order valence-electron chi connectivity index (χ0n) is 9.55. The third kappa shape index (κ3) is 4.15. The zero-order chi connectivity index (χ0) is 11.1. The van der Waals surface area contributed by atoms with E-state index >= 15 is 0 Å². The SMILES string of the molecule is CCCc1ccc(CC(=N)OCC)cc1. The highest BCUT2D eigenvalue weighted by atomic mass is 16.5. The number of hydrogen-bond donors (Lipinski definition) is 1. The van der Waals surface area contributed by atoms with Crippen LogP contribution in [0.25, 0.3) is 0 Å². The molecule has 82 valence electrons. The van der Waals surface area contributed by atoms with Crippen molar-refractivity contribution in [3.8, 4) is 0 Å². The highest BCUT2D eigenvalue weighted by Gasteiger charge is 1.99. The lowest BCUT2D eigenvalue weighted by molar-refractivity contribution is 0.317. The average molecular weight is 205 g/mol. The van der Waals surface area contributed by atoms with Crippen LogP contribution in [0.5, 0.6) is 0 Å². The van der Waals surface area contributed by atoms with E-state index in [1.807, 2.05) is 6.92 Å². The number of ether oxygens (including phenoxy) is 1. The molecule has 0 amide bonds. The van der Waals surface area contributed by atoms with Crippen LogP contribution in [0.4, 0.5) is 0 Å². The molecule has 0 aromatic heterocycles. The van der Waals surface area contributed by atoms with E-state index in [2.05, 4.69) is 31.2 Å². The molecule has 0 spiro atoms. The van der Waals surface area contributed by atoms with Crippen LogP contribution in [0.15, 0.2) is 24.3 Å². The molecule has 0 saturated heterocycles. The van der Waals surface area contributed by atoms with Crippen molar-refractivity contribution in [1.82, 2.24) is 0 Å². The van der Waals surface area contributed by atoms with Crippen LogP contribution >= 0.6 is 0 Å². The third-order valence-electron chi connectivity index (χ3n) is 2.24. The van der Waals surface area contributed by atoms with E-state index in [1.165, 1.54) is 12.0 Å². The first-order chi connectivity index (χ1) is 7.26. The predicted octanol–water partition coefficient (Wildman–Crippen LogP) is 3.20. The second-order valence-electron chi connectivity index (χ2n) is 3.60. The monoisotopic (exact) mass is 205 g/mol. The van der Waals surface area contributed by atoms with Crippen LogP contribution in [-0.2, 0) is 17.6 Å². The zero-order valence-corrected chi connectivity index (χ0v) is 9.55. The van der Waals surface area contributed by atoms with E-state index < -0.39 is 0 Å². The Balaban J connectivity index is 2.52. The van der Waals surface area contributed by atoms with Gasteiger partial charge >= 0.3 is 0 Å². The van der Waals surface area contributed by atoms with Crippen molar-refractivity contribution in [2.75, 3.05) is 6.61 Å². The molecule has 0 saturated carbocycles. The summed E-state index contributed by atoms with van der Waals surface area (Å²) in [6, 6.07) is 8.44. The minimum Gasteiger partial charge on any atom is -0.481 e. The highest BCUT2D eigenvalue weighted by Crippen LogP contribution is 2.07. The molecule has 0 radical (unpaired) electrons. The lowest BCUT2D eigenvalue weighted by Crippen LogP contribution is -2.06. The van der Waals surface area contributed by atoms with Crippen LogP contribution in [-0.4, -0.2) is 12.5 Å². The molecule has 2 nitrogen and oxygen atoms in total. The van der Waals surface area contributed by atoms with Gasteiger partial charge in [0.25, 0.3) is 0 Å². The minimum absolute atomic E-state index is 0.348. The Morgan fingerprint density at radius 2 is 1.73 bits per heavy atom. The standard InChI is InChI=1S/C13H19NO/c1-3-5-11-6-8-12(9-7-11)10-13(14)15-4-2/h6-9,14H,3-5,10H2,1-2H3. The average Bonchev–Trinajstić information content (AvgIpc) is 2.22. The van der Waals surface area contributed by atoms with Crippen LogP contribution in [0.1, 0.15) is 31.4 Å². The molecule has 0 aliphatic carbocycles. The topological polar surface area (TPSA) is 33.1 Å². The first-order valence-corrected chi connectivity index (χ1v) is 5.54. The Morgan fingerprint density at radius 1 is 1.13 bits per heavy atom. The van der Waals surface area contributed by atoms with Gasteiger partial charge in [-0.25, -0.2) is 0 Å². The van der Waals surface area contributed by atoms with Crippen molar-refractivity contribution < 1.29 is 4.74 Å². The molecule has 0 aliphatic heterocycles. The van der Waals surface area contributed by atoms with E-state index in [0.717, 1.165) is 12.0 Å². The van der Waals surface area contributed by atoms with Crippen molar-refractivity contribution in [1.29, 1.82) is 5.41 Å². The summed E-state index contributed by atoms with van der Waals surface area (Å²) in [5.74, 6) is 0.348.